The summed E-state index contributed by atoms with van der Waals surface area (Å²) in [6, 6.07) is 9.73. The highest BCUT2D eigenvalue weighted by Crippen LogP contribution is 2.29. The van der Waals surface area contributed by atoms with Gasteiger partial charge in [0.25, 0.3) is 0 Å². The van der Waals surface area contributed by atoms with Gasteiger partial charge in [-0.15, -0.1) is 0 Å². The van der Waals surface area contributed by atoms with E-state index >= 15 is 0 Å². The average Bonchev–Trinajstić information content (AvgIpc) is 2.66. The van der Waals surface area contributed by atoms with E-state index in [0.717, 1.165) is 33.7 Å². The highest BCUT2D eigenvalue weighted by Gasteiger charge is 2.07. The molecule has 1 aromatic carbocycles. The molecular weight excluding hydrogens is 254 g/mol. The number of nitrogens with two attached hydrogens (primary N) is 1. The molecule has 2 nitrogen and oxygen atoms in total. The minimum atomic E-state index is 0.723. The molecule has 0 spiro atoms. The molecule has 0 aliphatic rings. The van der Waals surface area contributed by atoms with Crippen molar-refractivity contribution in [3.63, 3.8) is 0 Å². The smallest absolute Gasteiger partial charge is 0.136 e. The Labute approximate surface area is 97.2 Å². The number of rotatable bonds is 2. The van der Waals surface area contributed by atoms with Crippen LogP contribution in [0.3, 0.4) is 0 Å². The van der Waals surface area contributed by atoms with Crippen molar-refractivity contribution in [2.45, 2.75) is 13.3 Å². The lowest BCUT2D eigenvalue weighted by Crippen LogP contribution is -1.88. The van der Waals surface area contributed by atoms with Crippen LogP contribution in [0.25, 0.3) is 11.3 Å². The van der Waals surface area contributed by atoms with Gasteiger partial charge in [0.15, 0.2) is 0 Å². The molecule has 0 fully saturated rings. The molecule has 0 atom stereocenters. The van der Waals surface area contributed by atoms with Crippen molar-refractivity contribution in [3.05, 3.63) is 40.6 Å². The van der Waals surface area contributed by atoms with Gasteiger partial charge in [0.2, 0.25) is 0 Å². The Balaban J connectivity index is 2.44. The fraction of sp³-hybridized carbons (Fsp3) is 0.167. The molecule has 1 aromatic heterocycles. The predicted octanol–water partition coefficient (Wildman–Crippen LogP) is 3.85. The van der Waals surface area contributed by atoms with Gasteiger partial charge < -0.3 is 10.2 Å². The first kappa shape index (κ1) is 10.3. The fourth-order valence-electron chi connectivity index (χ4n) is 1.47. The van der Waals surface area contributed by atoms with Crippen LogP contribution >= 0.6 is 15.9 Å². The normalized spacial score (nSPS) is 10.5. The van der Waals surface area contributed by atoms with E-state index in [-0.39, 0.29) is 0 Å². The molecule has 0 unspecified atom stereocenters. The van der Waals surface area contributed by atoms with Crippen LogP contribution in [0, 0.1) is 0 Å². The van der Waals surface area contributed by atoms with Crippen molar-refractivity contribution in [1.29, 1.82) is 0 Å². The fourth-order valence-corrected chi connectivity index (χ4v) is 1.85. The summed E-state index contributed by atoms with van der Waals surface area (Å²) in [4.78, 5) is 0. The van der Waals surface area contributed by atoms with Crippen LogP contribution in [-0.2, 0) is 6.42 Å². The number of furan rings is 1. The van der Waals surface area contributed by atoms with Crippen LogP contribution in [0.15, 0.2) is 39.2 Å². The molecule has 0 saturated heterocycles. The maximum absolute atomic E-state index is 5.91. The largest absolute Gasteiger partial charge is 0.461 e. The minimum Gasteiger partial charge on any atom is -0.461 e. The summed E-state index contributed by atoms with van der Waals surface area (Å²) in [7, 11) is 0. The molecule has 3 heteroatoms. The lowest BCUT2D eigenvalue weighted by atomic mass is 10.1. The number of halogens is 1. The molecule has 15 heavy (non-hydrogen) atoms. The Bertz CT molecular complexity index is 476. The second-order valence-electron chi connectivity index (χ2n) is 3.35. The van der Waals surface area contributed by atoms with Crippen LogP contribution in [0.1, 0.15) is 12.7 Å². The van der Waals surface area contributed by atoms with Crippen LogP contribution in [0.5, 0.6) is 0 Å². The van der Waals surface area contributed by atoms with Crippen molar-refractivity contribution in [3.8, 4) is 11.3 Å². The summed E-state index contributed by atoms with van der Waals surface area (Å²) in [6.45, 7) is 2.06. The Morgan fingerprint density at radius 1 is 1.27 bits per heavy atom. The van der Waals surface area contributed by atoms with Crippen molar-refractivity contribution < 1.29 is 4.42 Å². The summed E-state index contributed by atoms with van der Waals surface area (Å²) in [6.07, 6.45) is 0.899. The van der Waals surface area contributed by atoms with E-state index < -0.39 is 0 Å². The Morgan fingerprint density at radius 3 is 2.67 bits per heavy atom. The van der Waals surface area contributed by atoms with Crippen molar-refractivity contribution >= 4 is 21.6 Å². The summed E-state index contributed by atoms with van der Waals surface area (Å²) in [5.41, 5.74) is 7.58. The third kappa shape index (κ3) is 2.07. The maximum Gasteiger partial charge on any atom is 0.136 e. The summed E-state index contributed by atoms with van der Waals surface area (Å²) >= 11 is 3.38. The van der Waals surface area contributed by atoms with Crippen LogP contribution in [-0.4, -0.2) is 0 Å². The second-order valence-corrected chi connectivity index (χ2v) is 4.27. The third-order valence-electron chi connectivity index (χ3n) is 2.29. The van der Waals surface area contributed by atoms with Gasteiger partial charge in [-0.25, -0.2) is 0 Å². The first-order valence-electron chi connectivity index (χ1n) is 4.85. The molecular formula is C12H12BrNO. The van der Waals surface area contributed by atoms with E-state index in [1.807, 2.05) is 30.3 Å². The maximum atomic E-state index is 5.91. The quantitative estimate of drug-likeness (QED) is 0.838. The van der Waals surface area contributed by atoms with E-state index in [4.69, 9.17) is 10.2 Å². The van der Waals surface area contributed by atoms with Gasteiger partial charge in [0, 0.05) is 22.1 Å². The molecule has 2 N–H and O–H groups in total. The molecule has 0 aliphatic carbocycles. The number of hydrogen-bond donors (Lipinski definition) is 1. The van der Waals surface area contributed by atoms with Crippen LogP contribution in [0.2, 0.25) is 0 Å². The molecule has 2 rings (SSSR count). The molecule has 0 radical (unpaired) electrons. The van der Waals surface area contributed by atoms with Crippen molar-refractivity contribution in [1.82, 2.24) is 0 Å². The monoisotopic (exact) mass is 265 g/mol. The van der Waals surface area contributed by atoms with Gasteiger partial charge in [-0.3, -0.25) is 0 Å². The number of aryl methyl sites for hydroxylation is 1. The Morgan fingerprint density at radius 2 is 2.07 bits per heavy atom. The second kappa shape index (κ2) is 4.11. The lowest BCUT2D eigenvalue weighted by molar-refractivity contribution is 0.529. The number of benzene rings is 1. The Hall–Kier alpha value is -1.22. The minimum absolute atomic E-state index is 0.723. The molecule has 2 aromatic rings. The van der Waals surface area contributed by atoms with Crippen molar-refractivity contribution in [2.24, 2.45) is 0 Å². The SMILES string of the molecule is CCc1ccc(-c2ccc(Br)cc2N)o1. The van der Waals surface area contributed by atoms with Gasteiger partial charge in [0.1, 0.15) is 11.5 Å². The van der Waals surface area contributed by atoms with Crippen LogP contribution in [0.4, 0.5) is 5.69 Å². The first-order chi connectivity index (χ1) is 7.20. The van der Waals surface area contributed by atoms with Gasteiger partial charge >= 0.3 is 0 Å². The zero-order valence-electron chi connectivity index (χ0n) is 8.46. The van der Waals surface area contributed by atoms with Gasteiger partial charge in [-0.1, -0.05) is 22.9 Å². The molecule has 78 valence electrons. The number of nitrogen functional groups attached to an aromatic ring is 1. The molecule has 0 amide bonds. The summed E-state index contributed by atoms with van der Waals surface area (Å²) in [5, 5.41) is 0. The van der Waals surface area contributed by atoms with Gasteiger partial charge in [-0.2, -0.15) is 0 Å². The predicted molar refractivity (Wildman–Crippen MR) is 65.6 cm³/mol. The first-order valence-corrected chi connectivity index (χ1v) is 5.64. The van der Waals surface area contributed by atoms with Gasteiger partial charge in [-0.05, 0) is 30.3 Å². The molecule has 0 bridgehead atoms. The summed E-state index contributed by atoms with van der Waals surface area (Å²) < 4.78 is 6.62. The highest BCUT2D eigenvalue weighted by atomic mass is 79.9. The van der Waals surface area contributed by atoms with E-state index in [1.54, 1.807) is 0 Å². The number of hydrogen-bond acceptors (Lipinski definition) is 2. The molecule has 0 saturated carbocycles. The van der Waals surface area contributed by atoms with E-state index in [0.29, 0.717) is 0 Å². The number of anilines is 1. The van der Waals surface area contributed by atoms with Crippen LogP contribution < -0.4 is 5.73 Å². The standard InChI is InChI=1S/C12H12BrNO/c1-2-9-4-6-12(15-9)10-5-3-8(13)7-11(10)14/h3-7H,2,14H2,1H3. The zero-order valence-corrected chi connectivity index (χ0v) is 10.0. The van der Waals surface area contributed by atoms with Gasteiger partial charge in [0.05, 0.1) is 0 Å². The van der Waals surface area contributed by atoms with E-state index in [1.165, 1.54) is 0 Å². The third-order valence-corrected chi connectivity index (χ3v) is 2.78. The zero-order chi connectivity index (χ0) is 10.8. The molecule has 0 aliphatic heterocycles. The van der Waals surface area contributed by atoms with Crippen molar-refractivity contribution in [2.75, 3.05) is 5.73 Å². The summed E-state index contributed by atoms with van der Waals surface area (Å²) in [5.74, 6) is 1.81. The van der Waals surface area contributed by atoms with E-state index in [9.17, 15) is 0 Å². The highest BCUT2D eigenvalue weighted by molar-refractivity contribution is 9.10. The molecule has 1 heterocycles. The van der Waals surface area contributed by atoms with E-state index in [2.05, 4.69) is 22.9 Å². The average molecular weight is 266 g/mol. The Kier molecular flexibility index (Phi) is 2.82. The topological polar surface area (TPSA) is 39.2 Å². The lowest BCUT2D eigenvalue weighted by Gasteiger charge is -2.02.